The molecule has 0 radical (unpaired) electrons. The molecule has 1 unspecified atom stereocenters. The molecule has 0 spiro atoms. The lowest BCUT2D eigenvalue weighted by Crippen LogP contribution is -2.14. The van der Waals surface area contributed by atoms with Gasteiger partial charge in [-0.15, -0.1) is 0 Å². The van der Waals surface area contributed by atoms with Crippen molar-refractivity contribution in [3.8, 4) is 0 Å². The van der Waals surface area contributed by atoms with Gasteiger partial charge in [-0.3, -0.25) is 9.98 Å². The van der Waals surface area contributed by atoms with Gasteiger partial charge in [0.15, 0.2) is 0 Å². The minimum Gasteiger partial charge on any atom is -0.289 e. The van der Waals surface area contributed by atoms with Crippen molar-refractivity contribution in [3.05, 3.63) is 71.8 Å². The van der Waals surface area contributed by atoms with Crippen LogP contribution in [0, 0.1) is 0 Å². The molecular weight excluding hydrogens is 220 g/mol. The second-order valence-electron chi connectivity index (χ2n) is 4.29. The summed E-state index contributed by atoms with van der Waals surface area (Å²) in [6.45, 7) is 0.674. The summed E-state index contributed by atoms with van der Waals surface area (Å²) in [7, 11) is 0. The van der Waals surface area contributed by atoms with E-state index in [2.05, 4.69) is 29.3 Å². The Morgan fingerprint density at radius 1 is 0.833 bits per heavy atom. The highest BCUT2D eigenvalue weighted by Gasteiger charge is 2.13. The lowest BCUT2D eigenvalue weighted by Gasteiger charge is -2.15. The molecular formula is C16H14N2. The summed E-state index contributed by atoms with van der Waals surface area (Å²) in [5.41, 5.74) is 3.41. The number of nitrogens with zero attached hydrogens (tertiary/aromatic N) is 2. The van der Waals surface area contributed by atoms with Gasteiger partial charge in [-0.05, 0) is 11.1 Å². The highest BCUT2D eigenvalue weighted by molar-refractivity contribution is 6.04. The fourth-order valence-corrected chi connectivity index (χ4v) is 2.09. The van der Waals surface area contributed by atoms with Crippen molar-refractivity contribution in [3.63, 3.8) is 0 Å². The number of aliphatic imine (C=N–C) groups is 2. The molecule has 2 aromatic rings. The van der Waals surface area contributed by atoms with E-state index in [1.807, 2.05) is 42.6 Å². The number of rotatable bonds is 2. The van der Waals surface area contributed by atoms with Crippen LogP contribution in [0.5, 0.6) is 0 Å². The molecule has 0 amide bonds. The van der Waals surface area contributed by atoms with Crippen LogP contribution in [0.4, 0.5) is 0 Å². The van der Waals surface area contributed by atoms with Gasteiger partial charge >= 0.3 is 0 Å². The van der Waals surface area contributed by atoms with Gasteiger partial charge in [0.05, 0.1) is 12.3 Å². The van der Waals surface area contributed by atoms with Crippen LogP contribution < -0.4 is 0 Å². The third-order valence-electron chi connectivity index (χ3n) is 3.03. The molecule has 0 bridgehead atoms. The van der Waals surface area contributed by atoms with Crippen LogP contribution in [-0.4, -0.2) is 18.5 Å². The molecule has 0 aliphatic carbocycles. The van der Waals surface area contributed by atoms with Crippen LogP contribution in [0.1, 0.15) is 17.2 Å². The van der Waals surface area contributed by atoms with Crippen molar-refractivity contribution >= 4 is 11.9 Å². The molecule has 1 aliphatic heterocycles. The quantitative estimate of drug-likeness (QED) is 0.761. The molecule has 3 rings (SSSR count). The van der Waals surface area contributed by atoms with Gasteiger partial charge in [0.2, 0.25) is 0 Å². The lowest BCUT2D eigenvalue weighted by atomic mass is 10.0. The first-order valence-corrected chi connectivity index (χ1v) is 6.10. The average molecular weight is 234 g/mol. The Balaban J connectivity index is 1.93. The predicted molar refractivity (Wildman–Crippen MR) is 75.5 cm³/mol. The van der Waals surface area contributed by atoms with E-state index < -0.39 is 0 Å². The summed E-state index contributed by atoms with van der Waals surface area (Å²) in [6.07, 6.45) is 1.93. The fraction of sp³-hybridized carbons (Fsp3) is 0.125. The fourth-order valence-electron chi connectivity index (χ4n) is 2.09. The first kappa shape index (κ1) is 10.9. The average Bonchev–Trinajstić information content (AvgIpc) is 2.49. The molecule has 2 nitrogen and oxygen atoms in total. The van der Waals surface area contributed by atoms with Crippen LogP contribution in [0.15, 0.2) is 70.6 Å². The minimum atomic E-state index is 0.0511. The third kappa shape index (κ3) is 2.23. The van der Waals surface area contributed by atoms with Crippen molar-refractivity contribution in [2.24, 2.45) is 9.98 Å². The Morgan fingerprint density at radius 3 is 2.22 bits per heavy atom. The van der Waals surface area contributed by atoms with Crippen LogP contribution in [0.25, 0.3) is 0 Å². The van der Waals surface area contributed by atoms with Crippen LogP contribution in [-0.2, 0) is 0 Å². The zero-order chi connectivity index (χ0) is 12.2. The monoisotopic (exact) mass is 234 g/mol. The Hall–Kier alpha value is -2.22. The van der Waals surface area contributed by atoms with Gasteiger partial charge in [0, 0.05) is 6.21 Å². The van der Waals surface area contributed by atoms with E-state index in [4.69, 9.17) is 4.99 Å². The molecule has 1 atom stereocenters. The number of hydrogen-bond acceptors (Lipinski definition) is 2. The van der Waals surface area contributed by atoms with Crippen LogP contribution in [0.3, 0.4) is 0 Å². The smallest absolute Gasteiger partial charge is 0.110 e. The van der Waals surface area contributed by atoms with Crippen molar-refractivity contribution in [2.75, 3.05) is 6.54 Å². The SMILES string of the molecule is C1=NCC(c2ccccc2)=NC1c1ccccc1. The zero-order valence-corrected chi connectivity index (χ0v) is 10.0. The maximum Gasteiger partial charge on any atom is 0.110 e. The summed E-state index contributed by atoms with van der Waals surface area (Å²) in [5, 5.41) is 0. The maximum absolute atomic E-state index is 4.79. The Bertz CT molecular complexity index is 571. The van der Waals surface area contributed by atoms with E-state index >= 15 is 0 Å². The summed E-state index contributed by atoms with van der Waals surface area (Å²) in [4.78, 5) is 9.23. The highest BCUT2D eigenvalue weighted by Crippen LogP contribution is 2.19. The van der Waals surface area contributed by atoms with E-state index in [-0.39, 0.29) is 6.04 Å². The molecule has 0 aromatic heterocycles. The van der Waals surface area contributed by atoms with Crippen molar-refractivity contribution in [1.29, 1.82) is 0 Å². The van der Waals surface area contributed by atoms with E-state index in [1.165, 1.54) is 5.56 Å². The molecule has 2 heteroatoms. The van der Waals surface area contributed by atoms with Gasteiger partial charge in [0.25, 0.3) is 0 Å². The number of benzene rings is 2. The molecule has 1 aliphatic rings. The van der Waals surface area contributed by atoms with Gasteiger partial charge < -0.3 is 0 Å². The molecule has 0 N–H and O–H groups in total. The molecule has 0 saturated carbocycles. The highest BCUT2D eigenvalue weighted by atomic mass is 14.9. The molecule has 1 heterocycles. The third-order valence-corrected chi connectivity index (χ3v) is 3.03. The number of hydrogen-bond donors (Lipinski definition) is 0. The van der Waals surface area contributed by atoms with E-state index in [1.54, 1.807) is 0 Å². The summed E-state index contributed by atoms with van der Waals surface area (Å²) in [5.74, 6) is 0. The standard InChI is InChI=1S/C16H14N2/c1-3-7-13(8-4-1)15-11-17-12-16(18-15)14-9-5-2-6-10-14/h1-11,15H,12H2. The van der Waals surface area contributed by atoms with Gasteiger partial charge in [-0.1, -0.05) is 60.7 Å². The van der Waals surface area contributed by atoms with Crippen molar-refractivity contribution in [1.82, 2.24) is 0 Å². The van der Waals surface area contributed by atoms with Crippen molar-refractivity contribution in [2.45, 2.75) is 6.04 Å². The van der Waals surface area contributed by atoms with E-state index in [9.17, 15) is 0 Å². The summed E-state index contributed by atoms with van der Waals surface area (Å²) in [6, 6.07) is 20.6. The summed E-state index contributed by atoms with van der Waals surface area (Å²) >= 11 is 0. The van der Waals surface area contributed by atoms with Crippen LogP contribution in [0.2, 0.25) is 0 Å². The predicted octanol–water partition coefficient (Wildman–Crippen LogP) is 3.30. The topological polar surface area (TPSA) is 24.7 Å². The molecule has 0 saturated heterocycles. The molecule has 18 heavy (non-hydrogen) atoms. The molecule has 0 fully saturated rings. The molecule has 2 aromatic carbocycles. The van der Waals surface area contributed by atoms with E-state index in [0.29, 0.717) is 6.54 Å². The zero-order valence-electron chi connectivity index (χ0n) is 10.0. The minimum absolute atomic E-state index is 0.0511. The first-order chi connectivity index (χ1) is 8.93. The lowest BCUT2D eigenvalue weighted by molar-refractivity contribution is 0.946. The van der Waals surface area contributed by atoms with E-state index in [0.717, 1.165) is 11.3 Å². The van der Waals surface area contributed by atoms with Crippen LogP contribution >= 0.6 is 0 Å². The Kier molecular flexibility index (Phi) is 3.01. The van der Waals surface area contributed by atoms with Crippen molar-refractivity contribution < 1.29 is 0 Å². The van der Waals surface area contributed by atoms with Gasteiger partial charge in [-0.25, -0.2) is 0 Å². The maximum atomic E-state index is 4.79. The first-order valence-electron chi connectivity index (χ1n) is 6.10. The molecule has 88 valence electrons. The van der Waals surface area contributed by atoms with Gasteiger partial charge in [-0.2, -0.15) is 0 Å². The van der Waals surface area contributed by atoms with Gasteiger partial charge in [0.1, 0.15) is 6.04 Å². The second kappa shape index (κ2) is 4.96. The Labute approximate surface area is 107 Å². The largest absolute Gasteiger partial charge is 0.289 e. The summed E-state index contributed by atoms with van der Waals surface area (Å²) < 4.78 is 0. The normalized spacial score (nSPS) is 18.4. The second-order valence-corrected chi connectivity index (χ2v) is 4.29. The Morgan fingerprint density at radius 2 is 1.50 bits per heavy atom.